The minimum atomic E-state index is -4.31. The number of ether oxygens (including phenoxy) is 11. The molecule has 0 bridgehead atoms. The van der Waals surface area contributed by atoms with Gasteiger partial charge < -0.3 is 95.3 Å². The van der Waals surface area contributed by atoms with Crippen molar-refractivity contribution in [2.45, 2.75) is 239 Å². The summed E-state index contributed by atoms with van der Waals surface area (Å²) < 4.78 is 109. The molecule has 4 aliphatic rings. The fourth-order valence-electron chi connectivity index (χ4n) is 18.4. The summed E-state index contributed by atoms with van der Waals surface area (Å²) in [5, 5.41) is 11.3. The largest absolute Gasteiger partial charge is 0.658 e. The maximum absolute atomic E-state index is 16.2. The number of fused-ring (bicyclic) bond motifs is 2. The van der Waals surface area contributed by atoms with Gasteiger partial charge in [-0.25, -0.2) is 24.5 Å². The van der Waals surface area contributed by atoms with E-state index in [1.807, 2.05) is 188 Å². The van der Waals surface area contributed by atoms with E-state index in [-0.39, 0.29) is 86.9 Å². The Balaban J connectivity index is 0.758. The molecular weight excluding hydrogens is 1770 g/mol. The molecule has 5 heterocycles. The average molecular weight is 1910 g/mol. The van der Waals surface area contributed by atoms with Crippen molar-refractivity contribution in [3.8, 4) is 23.0 Å². The van der Waals surface area contributed by atoms with Gasteiger partial charge in [0.2, 0.25) is 11.8 Å². The van der Waals surface area contributed by atoms with Gasteiger partial charge in [0.25, 0.3) is 6.48 Å². The molecule has 7 aromatic carbocycles. The second-order valence-electron chi connectivity index (χ2n) is 36.5. The fourth-order valence-corrected chi connectivity index (χ4v) is 28.5. The summed E-state index contributed by atoms with van der Waals surface area (Å²) in [6.07, 6.45) is 12.4. The molecule has 1 aliphatic carbocycles. The molecule has 9 aromatic rings. The summed E-state index contributed by atoms with van der Waals surface area (Å²) in [6.45, 7) is 11.3. The van der Waals surface area contributed by atoms with Crippen LogP contribution in [-0.2, 0) is 82.1 Å². The molecule has 3 aliphatic heterocycles. The summed E-state index contributed by atoms with van der Waals surface area (Å²) in [5.74, 6) is 2.13. The van der Waals surface area contributed by atoms with Crippen LogP contribution in [0.4, 0.5) is 10.6 Å². The minimum absolute atomic E-state index is 0.00527. The van der Waals surface area contributed by atoms with E-state index in [0.717, 1.165) is 109 Å². The third-order valence-electron chi connectivity index (χ3n) is 24.8. The predicted molar refractivity (Wildman–Crippen MR) is 524 cm³/mol. The van der Waals surface area contributed by atoms with Crippen molar-refractivity contribution in [2.24, 2.45) is 0 Å². The Labute approximate surface area is 798 Å². The van der Waals surface area contributed by atoms with Crippen molar-refractivity contribution in [2.75, 3.05) is 93.3 Å². The number of hydrogen-bond donors (Lipinski definition) is 4. The van der Waals surface area contributed by atoms with E-state index in [0.29, 0.717) is 78.5 Å². The number of rotatable bonds is 49. The fraction of sp³-hybridized carbons (Fsp3) is 0.500. The van der Waals surface area contributed by atoms with Gasteiger partial charge in [-0.05, 0) is 165 Å². The van der Waals surface area contributed by atoms with Crippen LogP contribution in [0.3, 0.4) is 0 Å². The Hall–Kier alpha value is -9.63. The van der Waals surface area contributed by atoms with Crippen LogP contribution in [0.5, 0.6) is 23.0 Å². The Morgan fingerprint density at radius 3 is 1.61 bits per heavy atom. The normalized spacial score (nSPS) is 19.2. The van der Waals surface area contributed by atoms with Crippen LogP contribution >= 0.6 is 11.8 Å². The number of nitrogens with one attached hydrogen (secondary N) is 4. The van der Waals surface area contributed by atoms with E-state index in [1.165, 1.54) is 25.6 Å². The van der Waals surface area contributed by atoms with E-state index in [2.05, 4.69) is 72.3 Å². The SMILES string of the molecule is [2H]N(C(=O)CCCCCNC(=O)CCCC[C@@H]1SC[C@H]2[C@@H]1NC(=O)N2C(c1ccccc1)(c1ccc(OC)cc1)c1ccc(OC)cc1)[C@@H](Cc1ccccc1)C(=O)O[C@H]1[C@@H](OC(OCCOC)OCCOC)[C@H](n2cnc3c(NC(c4ccccc4)(c4ccc(OC)cc4)c4ccc(OC)cc4)ncnc32)O[C@@H]1CO[Si](OC1CCCCCCCCCCC1)(O[Si](C)(C)C)O[Si](C)(C)C. The third-order valence-corrected chi connectivity index (χ3v) is 34.3. The molecule has 2 aromatic heterocycles. The third kappa shape index (κ3) is 26.6. The Morgan fingerprint density at radius 2 is 1.07 bits per heavy atom. The number of carbonyl (C=O) groups is 4. The highest BCUT2D eigenvalue weighted by atomic mass is 32.2. The van der Waals surface area contributed by atoms with Crippen LogP contribution in [0.2, 0.25) is 40.7 Å². The second-order valence-corrected chi connectivity index (χ2v) is 49.4. The quantitative estimate of drug-likeness (QED) is 0.00688. The standard InChI is InChI=1S/C102H137N9O19SSi3/c1-116-64-66-122-100(123-67-65-117-2)127-94-93(126-98(114)85(68-73-36-24-20-25-37-73)107-90(113)46-32-23-35-63-103-89(112)45-34-33-44-88-91-86(70-131-88)111(99(115)108-91)102(77-40-28-22-29-41-77,78-51-59-82(120-5)60-52-78)79-53-61-83(121-6)62-54-79)87(69-124-134(129-132(7,8)9,130-133(10,11)12)128-84-42-30-18-16-14-13-15-17-19-31-43-84)125-97(94)110-72-106-92-95(104-71-105-96(92)110)109-101(74-38-26-21-27-39-74,75-47-55-80(118-3)56-48-75)76-49-57-81(119-4)58-50-76/h20-22,24-29,36-41,47-62,71-72,84-88,91,93-94,97,100H,13-19,23,30-35,42-46,63-70H2,1-12H3,(H,103,112)(H,107,113)(H,108,115)(H,104,105,109)/t85-,86-,87+,88-,91-,93+,94+,97+/m0/s1/i/hD. The number of aromatic nitrogens is 4. The Kier molecular flexibility index (Phi) is 37.0. The number of hydrogen-bond acceptors (Lipinski definition) is 24. The lowest BCUT2D eigenvalue weighted by atomic mass is 9.74. The summed E-state index contributed by atoms with van der Waals surface area (Å²) >= 11 is 1.86. The molecule has 28 nitrogen and oxygen atoms in total. The van der Waals surface area contributed by atoms with Crippen LogP contribution in [-0.4, -0.2) is 216 Å². The number of nitrogens with zero attached hydrogens (tertiary/aromatic N) is 5. The monoisotopic (exact) mass is 1910 g/mol. The first-order valence-electron chi connectivity index (χ1n) is 47.8. The smallest absolute Gasteiger partial charge is 0.497 e. The number of carbonyl (C=O) groups excluding carboxylic acids is 4. The predicted octanol–water partition coefficient (Wildman–Crippen LogP) is 17.7. The van der Waals surface area contributed by atoms with Crippen LogP contribution < -0.4 is 40.2 Å². The van der Waals surface area contributed by atoms with Crippen molar-refractivity contribution in [1.29, 1.82) is 0 Å². The van der Waals surface area contributed by atoms with Crippen molar-refractivity contribution >= 4 is 78.2 Å². The number of thioether (sulfide) groups is 1. The molecule has 0 spiro atoms. The molecule has 4 N–H and O–H groups in total. The Bertz CT molecular complexity index is 5030. The maximum atomic E-state index is 16.2. The summed E-state index contributed by atoms with van der Waals surface area (Å²) in [7, 11) is -0.0120. The van der Waals surface area contributed by atoms with Crippen molar-refractivity contribution in [3.63, 3.8) is 0 Å². The van der Waals surface area contributed by atoms with Crippen molar-refractivity contribution in [3.05, 3.63) is 240 Å². The molecule has 8 atom stereocenters. The molecule has 1 saturated carbocycles. The van der Waals surface area contributed by atoms with Crippen LogP contribution in [0.1, 0.15) is 167 Å². The Morgan fingerprint density at radius 1 is 0.575 bits per heavy atom. The lowest BCUT2D eigenvalue weighted by molar-refractivity contribution is -0.321. The number of methoxy groups -OCH3 is 6. The topological polar surface area (TPSA) is 302 Å². The van der Waals surface area contributed by atoms with Gasteiger partial charge in [0.15, 0.2) is 47.4 Å². The summed E-state index contributed by atoms with van der Waals surface area (Å²) in [6, 6.07) is 59.0. The maximum Gasteiger partial charge on any atom is 0.658 e. The molecule has 3 saturated heterocycles. The van der Waals surface area contributed by atoms with Gasteiger partial charge in [-0.3, -0.25) is 14.2 Å². The van der Waals surface area contributed by atoms with Gasteiger partial charge in [-0.15, -0.1) is 0 Å². The number of unbranched alkanes of at least 4 members (excludes halogenated alkanes) is 3. The van der Waals surface area contributed by atoms with Crippen LogP contribution in [0, 0.1) is 0 Å². The van der Waals surface area contributed by atoms with Crippen LogP contribution in [0.25, 0.3) is 11.2 Å². The minimum Gasteiger partial charge on any atom is -0.497 e. The van der Waals surface area contributed by atoms with Crippen LogP contribution in [0.15, 0.2) is 201 Å². The van der Waals surface area contributed by atoms with Gasteiger partial charge in [0.05, 0.1) is 86.0 Å². The molecule has 722 valence electrons. The van der Waals surface area contributed by atoms with E-state index >= 15 is 4.79 Å². The number of anilines is 1. The zero-order chi connectivity index (χ0) is 95.4. The van der Waals surface area contributed by atoms with Crippen molar-refractivity contribution < 1.29 is 89.8 Å². The zero-order valence-electron chi connectivity index (χ0n) is 80.8. The first-order valence-corrected chi connectivity index (χ1v) is 56.9. The first kappa shape index (κ1) is 100. The zero-order valence-corrected chi connectivity index (χ0v) is 83.6. The lowest BCUT2D eigenvalue weighted by Crippen LogP contribution is -2.61. The first-order chi connectivity index (χ1) is 65.4. The highest BCUT2D eigenvalue weighted by molar-refractivity contribution is 8.00. The number of esters is 1. The highest BCUT2D eigenvalue weighted by Crippen LogP contribution is 2.51. The summed E-state index contributed by atoms with van der Waals surface area (Å²) in [4.78, 5) is 76.6. The second kappa shape index (κ2) is 49.4. The van der Waals surface area contributed by atoms with Crippen molar-refractivity contribution in [1.82, 2.24) is 40.4 Å². The van der Waals surface area contributed by atoms with Gasteiger partial charge in [-0.2, -0.15) is 11.8 Å². The molecule has 4 amide bonds. The van der Waals surface area contributed by atoms with Gasteiger partial charge in [-0.1, -0.05) is 210 Å². The molecule has 32 heteroatoms. The highest BCUT2D eigenvalue weighted by Gasteiger charge is 2.60. The number of imidazole rings is 1. The molecular formula is C102H137N9O19SSi3. The van der Waals surface area contributed by atoms with E-state index < -0.39 is 85.7 Å². The van der Waals surface area contributed by atoms with E-state index in [9.17, 15) is 15.8 Å². The van der Waals surface area contributed by atoms with E-state index in [1.54, 1.807) is 53.6 Å². The number of amides is 4. The molecule has 13 rings (SSSR count). The number of benzene rings is 7. The van der Waals surface area contributed by atoms with Gasteiger partial charge in [0, 0.05) is 51.0 Å². The molecule has 0 radical (unpaired) electrons. The lowest BCUT2D eigenvalue weighted by Gasteiger charge is -2.45. The average Bonchev–Trinajstić information content (AvgIpc) is 1.16. The molecule has 0 unspecified atom stereocenters. The van der Waals surface area contributed by atoms with E-state index in [4.69, 9.17) is 84.1 Å². The number of urea groups is 1. The molecule has 4 fully saturated rings. The van der Waals surface area contributed by atoms with Gasteiger partial charge in [0.1, 0.15) is 58.7 Å². The summed E-state index contributed by atoms with van der Waals surface area (Å²) in [5.41, 5.74) is 4.36. The van der Waals surface area contributed by atoms with Gasteiger partial charge >= 0.3 is 21.0 Å². The molecule has 134 heavy (non-hydrogen) atoms.